The molecule has 4 heteroatoms. The molecule has 1 fully saturated rings. The Balaban J connectivity index is 2.07. The first-order valence-electron chi connectivity index (χ1n) is 6.11. The molecule has 2 N–H and O–H groups in total. The van der Waals surface area contributed by atoms with Crippen LogP contribution in [-0.2, 0) is 0 Å². The van der Waals surface area contributed by atoms with Gasteiger partial charge in [0.2, 0.25) is 0 Å². The highest BCUT2D eigenvalue weighted by molar-refractivity contribution is 6.30. The van der Waals surface area contributed by atoms with Crippen molar-refractivity contribution in [3.63, 3.8) is 0 Å². The van der Waals surface area contributed by atoms with Crippen molar-refractivity contribution in [3.8, 4) is 0 Å². The molecule has 1 saturated heterocycles. The summed E-state index contributed by atoms with van der Waals surface area (Å²) in [4.78, 5) is 4.79. The number of hydrogen-bond donors (Lipinski definition) is 1. The SMILES string of the molecule is CN1CCN(c2cccc(Cl)c2)CC1CCN. The maximum Gasteiger partial charge on any atom is 0.0426 e. The highest BCUT2D eigenvalue weighted by Gasteiger charge is 2.23. The van der Waals surface area contributed by atoms with Crippen molar-refractivity contribution in [2.45, 2.75) is 12.5 Å². The largest absolute Gasteiger partial charge is 0.369 e. The van der Waals surface area contributed by atoms with Crippen LogP contribution in [0.4, 0.5) is 5.69 Å². The molecule has 1 unspecified atom stereocenters. The number of likely N-dealkylation sites (N-methyl/N-ethyl adjacent to an activating group) is 1. The number of benzene rings is 1. The van der Waals surface area contributed by atoms with Crippen LogP contribution in [-0.4, -0.2) is 44.2 Å². The van der Waals surface area contributed by atoms with Gasteiger partial charge in [-0.1, -0.05) is 17.7 Å². The third-order valence-electron chi connectivity index (χ3n) is 3.45. The van der Waals surface area contributed by atoms with E-state index < -0.39 is 0 Å². The number of nitrogens with zero attached hydrogens (tertiary/aromatic N) is 2. The summed E-state index contributed by atoms with van der Waals surface area (Å²) in [5, 5.41) is 0.803. The normalized spacial score (nSPS) is 21.8. The average Bonchev–Trinajstić information content (AvgIpc) is 2.32. The molecule has 1 atom stereocenters. The molecule has 0 bridgehead atoms. The van der Waals surface area contributed by atoms with Crippen molar-refractivity contribution in [3.05, 3.63) is 29.3 Å². The van der Waals surface area contributed by atoms with Gasteiger partial charge in [0, 0.05) is 36.4 Å². The van der Waals surface area contributed by atoms with Crippen LogP contribution in [0.15, 0.2) is 24.3 Å². The zero-order valence-corrected chi connectivity index (χ0v) is 11.0. The van der Waals surface area contributed by atoms with Gasteiger partial charge >= 0.3 is 0 Å². The molecule has 94 valence electrons. The second-order valence-corrected chi connectivity index (χ2v) is 5.07. The predicted molar refractivity (Wildman–Crippen MR) is 73.8 cm³/mol. The average molecular weight is 254 g/mol. The lowest BCUT2D eigenvalue weighted by Crippen LogP contribution is -2.52. The summed E-state index contributed by atoms with van der Waals surface area (Å²) in [6.07, 6.45) is 1.05. The standard InChI is InChI=1S/C13H20ClN3/c1-16-7-8-17(10-13(16)5-6-15)12-4-2-3-11(14)9-12/h2-4,9,13H,5-8,10,15H2,1H3. The smallest absolute Gasteiger partial charge is 0.0426 e. The van der Waals surface area contributed by atoms with Crippen LogP contribution in [0.3, 0.4) is 0 Å². The topological polar surface area (TPSA) is 32.5 Å². The maximum atomic E-state index is 6.03. The van der Waals surface area contributed by atoms with Crippen LogP contribution in [0.5, 0.6) is 0 Å². The van der Waals surface area contributed by atoms with Crippen LogP contribution < -0.4 is 10.6 Å². The molecular weight excluding hydrogens is 234 g/mol. The number of rotatable bonds is 3. The minimum Gasteiger partial charge on any atom is -0.369 e. The first kappa shape index (κ1) is 12.7. The number of nitrogens with two attached hydrogens (primary N) is 1. The van der Waals surface area contributed by atoms with E-state index in [0.29, 0.717) is 6.04 Å². The second-order valence-electron chi connectivity index (χ2n) is 4.64. The molecule has 1 aliphatic rings. The highest BCUT2D eigenvalue weighted by Crippen LogP contribution is 2.22. The number of anilines is 1. The van der Waals surface area contributed by atoms with E-state index in [1.165, 1.54) is 5.69 Å². The van der Waals surface area contributed by atoms with Gasteiger partial charge in [-0.05, 0) is 38.2 Å². The fourth-order valence-electron chi connectivity index (χ4n) is 2.36. The molecule has 1 aliphatic heterocycles. The Hall–Kier alpha value is -0.770. The predicted octanol–water partition coefficient (Wildman–Crippen LogP) is 1.81. The first-order chi connectivity index (χ1) is 8.20. The summed E-state index contributed by atoms with van der Waals surface area (Å²) >= 11 is 6.03. The zero-order chi connectivity index (χ0) is 12.3. The van der Waals surface area contributed by atoms with Crippen molar-refractivity contribution in [2.75, 3.05) is 38.1 Å². The summed E-state index contributed by atoms with van der Waals surface area (Å²) in [6.45, 7) is 3.92. The first-order valence-corrected chi connectivity index (χ1v) is 6.49. The summed E-state index contributed by atoms with van der Waals surface area (Å²) in [6, 6.07) is 8.63. The molecule has 0 radical (unpaired) electrons. The van der Waals surface area contributed by atoms with Crippen LogP contribution in [0.2, 0.25) is 5.02 Å². The van der Waals surface area contributed by atoms with E-state index in [1.807, 2.05) is 18.2 Å². The van der Waals surface area contributed by atoms with Gasteiger partial charge in [-0.3, -0.25) is 4.90 Å². The summed E-state index contributed by atoms with van der Waals surface area (Å²) in [7, 11) is 2.18. The molecule has 3 nitrogen and oxygen atoms in total. The van der Waals surface area contributed by atoms with Gasteiger partial charge in [-0.15, -0.1) is 0 Å². The van der Waals surface area contributed by atoms with E-state index in [-0.39, 0.29) is 0 Å². The Bertz CT molecular complexity index is 369. The Kier molecular flexibility index (Phi) is 4.26. The Morgan fingerprint density at radius 1 is 1.41 bits per heavy atom. The Morgan fingerprint density at radius 2 is 2.24 bits per heavy atom. The molecular formula is C13H20ClN3. The van der Waals surface area contributed by atoms with Crippen molar-refractivity contribution in [1.29, 1.82) is 0 Å². The molecule has 0 spiro atoms. The van der Waals surface area contributed by atoms with Crippen molar-refractivity contribution < 1.29 is 0 Å². The van der Waals surface area contributed by atoms with Crippen LogP contribution in [0, 0.1) is 0 Å². The Morgan fingerprint density at radius 3 is 2.94 bits per heavy atom. The van der Waals surface area contributed by atoms with E-state index in [9.17, 15) is 0 Å². The van der Waals surface area contributed by atoms with Gasteiger partial charge in [-0.2, -0.15) is 0 Å². The maximum absolute atomic E-state index is 6.03. The fraction of sp³-hybridized carbons (Fsp3) is 0.538. The van der Waals surface area contributed by atoms with Crippen molar-refractivity contribution in [2.24, 2.45) is 5.73 Å². The molecule has 0 amide bonds. The third-order valence-corrected chi connectivity index (χ3v) is 3.69. The lowest BCUT2D eigenvalue weighted by atomic mass is 10.1. The van der Waals surface area contributed by atoms with Gasteiger partial charge in [0.25, 0.3) is 0 Å². The molecule has 0 saturated carbocycles. The van der Waals surface area contributed by atoms with Crippen LogP contribution in [0.1, 0.15) is 6.42 Å². The second kappa shape index (κ2) is 5.71. The van der Waals surface area contributed by atoms with Gasteiger partial charge in [0.15, 0.2) is 0 Å². The molecule has 1 aromatic carbocycles. The Labute approximate surface area is 108 Å². The van der Waals surface area contributed by atoms with Gasteiger partial charge in [0.05, 0.1) is 0 Å². The van der Waals surface area contributed by atoms with Crippen LogP contribution in [0.25, 0.3) is 0 Å². The lowest BCUT2D eigenvalue weighted by Gasteiger charge is -2.40. The zero-order valence-electron chi connectivity index (χ0n) is 10.3. The monoisotopic (exact) mass is 253 g/mol. The minimum atomic E-state index is 0.549. The van der Waals surface area contributed by atoms with Gasteiger partial charge in [-0.25, -0.2) is 0 Å². The van der Waals surface area contributed by atoms with Gasteiger partial charge < -0.3 is 10.6 Å². The van der Waals surface area contributed by atoms with E-state index in [1.54, 1.807) is 0 Å². The lowest BCUT2D eigenvalue weighted by molar-refractivity contribution is 0.210. The van der Waals surface area contributed by atoms with Crippen molar-refractivity contribution in [1.82, 2.24) is 4.90 Å². The van der Waals surface area contributed by atoms with Crippen LogP contribution >= 0.6 is 11.6 Å². The molecule has 0 aliphatic carbocycles. The molecule has 17 heavy (non-hydrogen) atoms. The summed E-state index contributed by atoms with van der Waals surface area (Å²) < 4.78 is 0. The van der Waals surface area contributed by atoms with E-state index >= 15 is 0 Å². The summed E-state index contributed by atoms with van der Waals surface area (Å²) in [5.41, 5.74) is 6.88. The number of hydrogen-bond acceptors (Lipinski definition) is 3. The third kappa shape index (κ3) is 3.12. The minimum absolute atomic E-state index is 0.549. The number of halogens is 1. The summed E-state index contributed by atoms with van der Waals surface area (Å²) in [5.74, 6) is 0. The molecule has 0 aromatic heterocycles. The molecule has 1 heterocycles. The van der Waals surface area contributed by atoms with Crippen molar-refractivity contribution >= 4 is 17.3 Å². The highest BCUT2D eigenvalue weighted by atomic mass is 35.5. The molecule has 2 rings (SSSR count). The van der Waals surface area contributed by atoms with Gasteiger partial charge in [0.1, 0.15) is 0 Å². The molecule has 1 aromatic rings. The van der Waals surface area contributed by atoms with E-state index in [4.69, 9.17) is 17.3 Å². The van der Waals surface area contributed by atoms with E-state index in [0.717, 1.165) is 37.6 Å². The van der Waals surface area contributed by atoms with E-state index in [2.05, 4.69) is 22.9 Å². The number of piperazine rings is 1. The fourth-order valence-corrected chi connectivity index (χ4v) is 2.54. The quantitative estimate of drug-likeness (QED) is 0.892.